The number of halogens is 3. The normalized spacial score (nSPS) is 10.4. The molecule has 0 unspecified atom stereocenters. The van der Waals surface area contributed by atoms with E-state index in [2.05, 4.69) is 5.32 Å². The minimum absolute atomic E-state index is 0.172. The largest absolute Gasteiger partial charge is 0.356 e. The zero-order valence-corrected chi connectivity index (χ0v) is 9.10. The van der Waals surface area contributed by atoms with Gasteiger partial charge in [-0.15, -0.1) is 0 Å². The van der Waals surface area contributed by atoms with Crippen LogP contribution in [0.25, 0.3) is 0 Å². The van der Waals surface area contributed by atoms with Crippen LogP contribution in [0, 0.1) is 17.5 Å². The highest BCUT2D eigenvalue weighted by molar-refractivity contribution is 5.78. The van der Waals surface area contributed by atoms with E-state index >= 15 is 0 Å². The van der Waals surface area contributed by atoms with Crippen molar-refractivity contribution in [1.29, 1.82) is 0 Å². The number of amides is 1. The third-order valence-electron chi connectivity index (χ3n) is 2.17. The molecule has 0 aromatic heterocycles. The molecule has 0 radical (unpaired) electrons. The Morgan fingerprint density at radius 1 is 1.24 bits per heavy atom. The van der Waals surface area contributed by atoms with Crippen LogP contribution in [0.2, 0.25) is 0 Å². The first kappa shape index (κ1) is 13.5. The van der Waals surface area contributed by atoms with Crippen molar-refractivity contribution < 1.29 is 18.0 Å². The molecule has 0 aliphatic carbocycles. The van der Waals surface area contributed by atoms with Crippen LogP contribution in [0.3, 0.4) is 0 Å². The first-order valence-electron chi connectivity index (χ1n) is 5.15. The second-order valence-corrected chi connectivity index (χ2v) is 3.50. The van der Waals surface area contributed by atoms with E-state index in [0.29, 0.717) is 19.5 Å². The average molecular weight is 246 g/mol. The van der Waals surface area contributed by atoms with Gasteiger partial charge in [-0.05, 0) is 19.0 Å². The molecular weight excluding hydrogens is 233 g/mol. The van der Waals surface area contributed by atoms with Gasteiger partial charge in [-0.2, -0.15) is 0 Å². The SMILES string of the molecule is NCCCNC(=O)Cc1ccc(F)c(F)c1F. The van der Waals surface area contributed by atoms with Crippen LogP contribution in [0.15, 0.2) is 12.1 Å². The molecule has 1 aromatic carbocycles. The first-order valence-corrected chi connectivity index (χ1v) is 5.15. The molecule has 0 saturated heterocycles. The van der Waals surface area contributed by atoms with Gasteiger partial charge in [-0.3, -0.25) is 4.79 Å². The van der Waals surface area contributed by atoms with Crippen molar-refractivity contribution in [1.82, 2.24) is 5.32 Å². The monoisotopic (exact) mass is 246 g/mol. The molecule has 0 fully saturated rings. The number of benzene rings is 1. The highest BCUT2D eigenvalue weighted by Crippen LogP contribution is 2.15. The summed E-state index contributed by atoms with van der Waals surface area (Å²) in [6.45, 7) is 0.806. The summed E-state index contributed by atoms with van der Waals surface area (Å²) in [4.78, 5) is 11.3. The maximum Gasteiger partial charge on any atom is 0.224 e. The fourth-order valence-electron chi connectivity index (χ4n) is 1.27. The Morgan fingerprint density at radius 2 is 1.94 bits per heavy atom. The van der Waals surface area contributed by atoms with Gasteiger partial charge in [0.2, 0.25) is 5.91 Å². The van der Waals surface area contributed by atoms with Crippen LogP contribution in [0.1, 0.15) is 12.0 Å². The lowest BCUT2D eigenvalue weighted by Crippen LogP contribution is -2.27. The average Bonchev–Trinajstić information content (AvgIpc) is 2.30. The fraction of sp³-hybridized carbons (Fsp3) is 0.364. The van der Waals surface area contributed by atoms with E-state index < -0.39 is 23.4 Å². The second-order valence-electron chi connectivity index (χ2n) is 3.50. The zero-order chi connectivity index (χ0) is 12.8. The van der Waals surface area contributed by atoms with E-state index in [9.17, 15) is 18.0 Å². The highest BCUT2D eigenvalue weighted by atomic mass is 19.2. The Balaban J connectivity index is 2.63. The van der Waals surface area contributed by atoms with E-state index in [1.54, 1.807) is 0 Å². The zero-order valence-electron chi connectivity index (χ0n) is 9.10. The van der Waals surface area contributed by atoms with Gasteiger partial charge < -0.3 is 11.1 Å². The fourth-order valence-corrected chi connectivity index (χ4v) is 1.27. The lowest BCUT2D eigenvalue weighted by Gasteiger charge is -2.06. The van der Waals surface area contributed by atoms with Gasteiger partial charge in [0.05, 0.1) is 6.42 Å². The van der Waals surface area contributed by atoms with Crippen molar-refractivity contribution in [2.45, 2.75) is 12.8 Å². The van der Waals surface area contributed by atoms with Gasteiger partial charge >= 0.3 is 0 Å². The molecule has 0 saturated carbocycles. The number of hydrogen-bond donors (Lipinski definition) is 2. The topological polar surface area (TPSA) is 55.1 Å². The maximum absolute atomic E-state index is 13.2. The van der Waals surface area contributed by atoms with E-state index in [1.165, 1.54) is 0 Å². The van der Waals surface area contributed by atoms with E-state index in [-0.39, 0.29) is 12.0 Å². The number of carbonyl (C=O) groups is 1. The van der Waals surface area contributed by atoms with Gasteiger partial charge in [-0.25, -0.2) is 13.2 Å². The molecule has 3 N–H and O–H groups in total. The Labute approximate surface area is 96.8 Å². The molecule has 6 heteroatoms. The van der Waals surface area contributed by atoms with E-state index in [4.69, 9.17) is 5.73 Å². The Hall–Kier alpha value is -1.56. The maximum atomic E-state index is 13.2. The van der Waals surface area contributed by atoms with Gasteiger partial charge in [0, 0.05) is 12.1 Å². The molecule has 0 aliphatic rings. The summed E-state index contributed by atoms with van der Waals surface area (Å²) in [5, 5.41) is 2.49. The number of nitrogens with two attached hydrogens (primary N) is 1. The molecular formula is C11H13F3N2O. The highest BCUT2D eigenvalue weighted by Gasteiger charge is 2.15. The second kappa shape index (κ2) is 6.24. The molecule has 0 atom stereocenters. The minimum atomic E-state index is -1.56. The van der Waals surface area contributed by atoms with Crippen LogP contribution in [-0.4, -0.2) is 19.0 Å². The molecule has 0 bridgehead atoms. The van der Waals surface area contributed by atoms with Crippen LogP contribution in [0.4, 0.5) is 13.2 Å². The Kier molecular flexibility index (Phi) is 4.96. The quantitative estimate of drug-likeness (QED) is 0.604. The molecule has 0 heterocycles. The smallest absolute Gasteiger partial charge is 0.224 e. The third kappa shape index (κ3) is 3.74. The summed E-state index contributed by atoms with van der Waals surface area (Å²) in [5.74, 6) is -4.60. The third-order valence-corrected chi connectivity index (χ3v) is 2.17. The van der Waals surface area contributed by atoms with Crippen molar-refractivity contribution in [3.05, 3.63) is 35.1 Å². The van der Waals surface area contributed by atoms with Crippen LogP contribution in [-0.2, 0) is 11.2 Å². The molecule has 1 aromatic rings. The molecule has 1 rings (SSSR count). The standard InChI is InChI=1S/C11H13F3N2O/c12-8-3-2-7(10(13)11(8)14)6-9(17)16-5-1-4-15/h2-3H,1,4-6,15H2,(H,16,17). The first-order chi connectivity index (χ1) is 8.06. The summed E-state index contributed by atoms with van der Waals surface area (Å²) in [6.07, 6.45) is 0.277. The molecule has 0 spiro atoms. The predicted molar refractivity (Wildman–Crippen MR) is 56.7 cm³/mol. The van der Waals surface area contributed by atoms with Crippen molar-refractivity contribution >= 4 is 5.91 Å². The summed E-state index contributed by atoms with van der Waals surface area (Å²) < 4.78 is 38.7. The van der Waals surface area contributed by atoms with E-state index in [1.807, 2.05) is 0 Å². The lowest BCUT2D eigenvalue weighted by atomic mass is 10.1. The Morgan fingerprint density at radius 3 is 2.59 bits per heavy atom. The van der Waals surface area contributed by atoms with Gasteiger partial charge in [0.25, 0.3) is 0 Å². The van der Waals surface area contributed by atoms with Crippen molar-refractivity contribution in [3.63, 3.8) is 0 Å². The molecule has 94 valence electrons. The van der Waals surface area contributed by atoms with E-state index in [0.717, 1.165) is 12.1 Å². The van der Waals surface area contributed by atoms with Crippen LogP contribution in [0.5, 0.6) is 0 Å². The summed E-state index contributed by atoms with van der Waals surface area (Å²) in [5.41, 5.74) is 5.05. The number of carbonyl (C=O) groups excluding carboxylic acids is 1. The number of hydrogen-bond acceptors (Lipinski definition) is 2. The van der Waals surface area contributed by atoms with Gasteiger partial charge in [-0.1, -0.05) is 6.07 Å². The van der Waals surface area contributed by atoms with Crippen molar-refractivity contribution in [3.8, 4) is 0 Å². The molecule has 1 amide bonds. The Bertz CT molecular complexity index is 410. The van der Waals surface area contributed by atoms with Gasteiger partial charge in [0.15, 0.2) is 17.5 Å². The summed E-state index contributed by atoms with van der Waals surface area (Å²) in [6, 6.07) is 1.84. The van der Waals surface area contributed by atoms with Crippen LogP contribution < -0.4 is 11.1 Å². The summed E-state index contributed by atoms with van der Waals surface area (Å²) >= 11 is 0. The minimum Gasteiger partial charge on any atom is -0.356 e. The lowest BCUT2D eigenvalue weighted by molar-refractivity contribution is -0.120. The van der Waals surface area contributed by atoms with Crippen molar-refractivity contribution in [2.24, 2.45) is 5.73 Å². The number of rotatable bonds is 5. The van der Waals surface area contributed by atoms with Gasteiger partial charge in [0.1, 0.15) is 0 Å². The molecule has 0 aliphatic heterocycles. The summed E-state index contributed by atoms with van der Waals surface area (Å²) in [7, 11) is 0. The molecule has 17 heavy (non-hydrogen) atoms. The van der Waals surface area contributed by atoms with Crippen molar-refractivity contribution in [2.75, 3.05) is 13.1 Å². The van der Waals surface area contributed by atoms with Crippen LogP contribution >= 0.6 is 0 Å². The molecule has 3 nitrogen and oxygen atoms in total. The predicted octanol–water partition coefficient (Wildman–Crippen LogP) is 1.11. The number of nitrogens with one attached hydrogen (secondary N) is 1.